The maximum atomic E-state index is 11.6. The Balaban J connectivity index is 2.18. The molecule has 0 saturated heterocycles. The van der Waals surface area contributed by atoms with E-state index >= 15 is 0 Å². The number of hydrogen-bond donors (Lipinski definition) is 2. The SMILES string of the molecule is COC(=O)c1ccc(O)c(CCC(O)c2c(Cl)cc(OC)cc2Cl)c1. The Morgan fingerprint density at radius 2 is 1.80 bits per heavy atom. The summed E-state index contributed by atoms with van der Waals surface area (Å²) >= 11 is 12.3. The van der Waals surface area contributed by atoms with E-state index in [-0.39, 0.29) is 12.2 Å². The van der Waals surface area contributed by atoms with Crippen LogP contribution in [0, 0.1) is 0 Å². The molecule has 0 radical (unpaired) electrons. The zero-order chi connectivity index (χ0) is 18.6. The van der Waals surface area contributed by atoms with Crippen LogP contribution in [0.5, 0.6) is 11.5 Å². The van der Waals surface area contributed by atoms with E-state index in [1.54, 1.807) is 12.1 Å². The van der Waals surface area contributed by atoms with E-state index in [0.29, 0.717) is 38.9 Å². The number of ether oxygens (including phenoxy) is 2. The minimum Gasteiger partial charge on any atom is -0.508 e. The average Bonchev–Trinajstić information content (AvgIpc) is 2.59. The van der Waals surface area contributed by atoms with Crippen LogP contribution in [0.15, 0.2) is 30.3 Å². The number of benzene rings is 2. The summed E-state index contributed by atoms with van der Waals surface area (Å²) in [5, 5.41) is 21.0. The van der Waals surface area contributed by atoms with Crippen molar-refractivity contribution in [1.29, 1.82) is 0 Å². The number of carbonyl (C=O) groups excluding carboxylic acids is 1. The first kappa shape index (κ1) is 19.4. The highest BCUT2D eigenvalue weighted by atomic mass is 35.5. The lowest BCUT2D eigenvalue weighted by Gasteiger charge is -2.16. The number of aromatic hydroxyl groups is 1. The van der Waals surface area contributed by atoms with Crippen molar-refractivity contribution in [3.8, 4) is 11.5 Å². The molecule has 5 nitrogen and oxygen atoms in total. The fourth-order valence-corrected chi connectivity index (χ4v) is 3.18. The molecule has 2 aromatic rings. The Bertz CT molecular complexity index is 753. The molecule has 25 heavy (non-hydrogen) atoms. The van der Waals surface area contributed by atoms with Crippen LogP contribution >= 0.6 is 23.2 Å². The van der Waals surface area contributed by atoms with Crippen molar-refractivity contribution >= 4 is 29.2 Å². The smallest absolute Gasteiger partial charge is 0.337 e. The number of rotatable bonds is 6. The third kappa shape index (κ3) is 4.57. The van der Waals surface area contributed by atoms with Gasteiger partial charge in [0.2, 0.25) is 0 Å². The Morgan fingerprint density at radius 1 is 1.16 bits per heavy atom. The van der Waals surface area contributed by atoms with E-state index < -0.39 is 12.1 Å². The van der Waals surface area contributed by atoms with E-state index in [1.165, 1.54) is 32.4 Å². The summed E-state index contributed by atoms with van der Waals surface area (Å²) in [6.07, 6.45) is -0.368. The quantitative estimate of drug-likeness (QED) is 0.731. The molecule has 0 aliphatic rings. The minimum absolute atomic E-state index is 0.0341. The molecule has 1 atom stereocenters. The molecule has 0 amide bonds. The van der Waals surface area contributed by atoms with E-state index in [9.17, 15) is 15.0 Å². The van der Waals surface area contributed by atoms with Crippen LogP contribution in [0.25, 0.3) is 0 Å². The van der Waals surface area contributed by atoms with Crippen molar-refractivity contribution in [2.24, 2.45) is 0 Å². The molecule has 134 valence electrons. The van der Waals surface area contributed by atoms with Gasteiger partial charge < -0.3 is 19.7 Å². The van der Waals surface area contributed by atoms with Gasteiger partial charge in [0.05, 0.1) is 35.9 Å². The van der Waals surface area contributed by atoms with Crippen molar-refractivity contribution in [3.63, 3.8) is 0 Å². The van der Waals surface area contributed by atoms with Crippen molar-refractivity contribution in [1.82, 2.24) is 0 Å². The van der Waals surface area contributed by atoms with Crippen LogP contribution in [-0.4, -0.2) is 30.4 Å². The average molecular weight is 385 g/mol. The molecule has 1 unspecified atom stereocenters. The molecule has 2 N–H and O–H groups in total. The van der Waals surface area contributed by atoms with Gasteiger partial charge in [-0.25, -0.2) is 4.79 Å². The molecule has 0 spiro atoms. The number of aliphatic hydroxyl groups is 1. The fourth-order valence-electron chi connectivity index (χ4n) is 2.46. The molecular weight excluding hydrogens is 367 g/mol. The number of phenolic OH excluding ortho intramolecular Hbond substituents is 1. The van der Waals surface area contributed by atoms with Crippen molar-refractivity contribution < 1.29 is 24.5 Å². The number of aliphatic hydroxyl groups excluding tert-OH is 1. The normalized spacial score (nSPS) is 11.9. The Kier molecular flexibility index (Phi) is 6.53. The molecule has 2 rings (SSSR count). The van der Waals surface area contributed by atoms with E-state index in [0.717, 1.165) is 0 Å². The van der Waals surface area contributed by atoms with Gasteiger partial charge in [-0.2, -0.15) is 0 Å². The van der Waals surface area contributed by atoms with Gasteiger partial charge in [-0.3, -0.25) is 0 Å². The van der Waals surface area contributed by atoms with Crippen LogP contribution < -0.4 is 4.74 Å². The first-order valence-electron chi connectivity index (χ1n) is 7.48. The second kappa shape index (κ2) is 8.43. The zero-order valence-corrected chi connectivity index (χ0v) is 15.3. The first-order chi connectivity index (χ1) is 11.9. The van der Waals surface area contributed by atoms with Gasteiger partial charge in [-0.15, -0.1) is 0 Å². The van der Waals surface area contributed by atoms with Gasteiger partial charge >= 0.3 is 5.97 Å². The number of methoxy groups -OCH3 is 2. The lowest BCUT2D eigenvalue weighted by molar-refractivity contribution is 0.0600. The van der Waals surface area contributed by atoms with Crippen LogP contribution in [0.2, 0.25) is 10.0 Å². The molecule has 0 fully saturated rings. The van der Waals surface area contributed by atoms with E-state index in [2.05, 4.69) is 4.74 Å². The summed E-state index contributed by atoms with van der Waals surface area (Å²) in [6, 6.07) is 7.56. The van der Waals surface area contributed by atoms with Gasteiger partial charge in [-0.1, -0.05) is 23.2 Å². The van der Waals surface area contributed by atoms with Crippen LogP contribution in [-0.2, 0) is 11.2 Å². The van der Waals surface area contributed by atoms with Crippen molar-refractivity contribution in [3.05, 3.63) is 57.1 Å². The Labute approximate surface area is 155 Å². The largest absolute Gasteiger partial charge is 0.508 e. The maximum Gasteiger partial charge on any atom is 0.337 e. The predicted molar refractivity (Wildman–Crippen MR) is 95.7 cm³/mol. The maximum absolute atomic E-state index is 11.6. The lowest BCUT2D eigenvalue weighted by Crippen LogP contribution is -2.04. The highest BCUT2D eigenvalue weighted by molar-refractivity contribution is 6.36. The first-order valence-corrected chi connectivity index (χ1v) is 8.24. The number of aryl methyl sites for hydroxylation is 1. The summed E-state index contributed by atoms with van der Waals surface area (Å²) in [5.74, 6) is 0.0317. The second-order valence-corrected chi connectivity index (χ2v) is 6.21. The highest BCUT2D eigenvalue weighted by Crippen LogP contribution is 2.36. The number of carbonyl (C=O) groups is 1. The van der Waals surface area contributed by atoms with Crippen LogP contribution in [0.3, 0.4) is 0 Å². The number of hydrogen-bond acceptors (Lipinski definition) is 5. The molecule has 0 aliphatic carbocycles. The molecule has 2 aromatic carbocycles. The monoisotopic (exact) mass is 384 g/mol. The van der Waals surface area contributed by atoms with Crippen LogP contribution in [0.4, 0.5) is 0 Å². The number of phenols is 1. The van der Waals surface area contributed by atoms with Gasteiger partial charge in [0.25, 0.3) is 0 Å². The predicted octanol–water partition coefficient (Wildman–Crippen LogP) is 4.16. The zero-order valence-electron chi connectivity index (χ0n) is 13.8. The third-order valence-corrected chi connectivity index (χ3v) is 4.43. The van der Waals surface area contributed by atoms with Crippen molar-refractivity contribution in [2.75, 3.05) is 14.2 Å². The number of esters is 1. The summed E-state index contributed by atoms with van der Waals surface area (Å²) in [5.41, 5.74) is 1.24. The molecule has 0 aliphatic heterocycles. The Hall–Kier alpha value is -1.95. The fraction of sp³-hybridized carbons (Fsp3) is 0.278. The summed E-state index contributed by atoms with van der Waals surface area (Å²) < 4.78 is 9.74. The molecule has 7 heteroatoms. The summed E-state index contributed by atoms with van der Waals surface area (Å²) in [6.45, 7) is 0. The molecule has 0 saturated carbocycles. The molecule has 0 heterocycles. The minimum atomic E-state index is -0.938. The summed E-state index contributed by atoms with van der Waals surface area (Å²) in [7, 11) is 2.78. The van der Waals surface area contributed by atoms with Gasteiger partial charge in [0.15, 0.2) is 0 Å². The Morgan fingerprint density at radius 3 is 2.36 bits per heavy atom. The topological polar surface area (TPSA) is 76.0 Å². The highest BCUT2D eigenvalue weighted by Gasteiger charge is 2.18. The van der Waals surface area contributed by atoms with Gasteiger partial charge in [0.1, 0.15) is 11.5 Å². The van der Waals surface area contributed by atoms with Crippen molar-refractivity contribution in [2.45, 2.75) is 18.9 Å². The standard InChI is InChI=1S/C18H18Cl2O5/c1-24-12-8-13(19)17(14(20)9-12)16(22)6-3-10-7-11(18(23)25-2)4-5-15(10)21/h4-5,7-9,16,21-22H,3,6H2,1-2H3. The van der Waals surface area contributed by atoms with E-state index in [1.807, 2.05) is 0 Å². The molecule has 0 aromatic heterocycles. The summed E-state index contributed by atoms with van der Waals surface area (Å²) in [4.78, 5) is 11.6. The number of halogens is 2. The lowest BCUT2D eigenvalue weighted by atomic mass is 9.99. The molecular formula is C18H18Cl2O5. The third-order valence-electron chi connectivity index (χ3n) is 3.81. The second-order valence-electron chi connectivity index (χ2n) is 5.39. The molecule has 0 bridgehead atoms. The van der Waals surface area contributed by atoms with Gasteiger partial charge in [0, 0.05) is 5.56 Å². The van der Waals surface area contributed by atoms with Crippen LogP contribution in [0.1, 0.15) is 34.0 Å². The van der Waals surface area contributed by atoms with E-state index in [4.69, 9.17) is 27.9 Å². The van der Waals surface area contributed by atoms with Gasteiger partial charge in [-0.05, 0) is 48.7 Å².